The summed E-state index contributed by atoms with van der Waals surface area (Å²) in [5.41, 5.74) is 2.95. The van der Waals surface area contributed by atoms with Crippen LogP contribution in [0.25, 0.3) is 0 Å². The van der Waals surface area contributed by atoms with E-state index in [4.69, 9.17) is 5.11 Å². The molecule has 0 saturated heterocycles. The molecule has 2 rings (SSSR count). The summed E-state index contributed by atoms with van der Waals surface area (Å²) in [5.74, 6) is -0.0118. The fourth-order valence-corrected chi connectivity index (χ4v) is 2.67. The van der Waals surface area contributed by atoms with Crippen molar-refractivity contribution in [2.24, 2.45) is 0 Å². The van der Waals surface area contributed by atoms with E-state index < -0.39 is 5.97 Å². The number of carboxylic acid groups (broad SMARTS) is 1. The number of rotatable bonds is 10. The van der Waals surface area contributed by atoms with Crippen molar-refractivity contribution >= 4 is 17.6 Å². The number of anilines is 2. The van der Waals surface area contributed by atoms with Crippen molar-refractivity contribution in [3.63, 3.8) is 0 Å². The number of aromatic nitrogens is 2. The zero-order chi connectivity index (χ0) is 19.9. The summed E-state index contributed by atoms with van der Waals surface area (Å²) in [6.45, 7) is 6.13. The highest BCUT2D eigenvalue weighted by Crippen LogP contribution is 2.12. The first-order valence-corrected chi connectivity index (χ1v) is 9.87. The second-order valence-corrected chi connectivity index (χ2v) is 6.73. The first kappa shape index (κ1) is 22.6. The molecule has 0 unspecified atom stereocenters. The molecule has 0 saturated carbocycles. The van der Waals surface area contributed by atoms with E-state index in [2.05, 4.69) is 22.2 Å². The average Bonchev–Trinajstić information content (AvgIpc) is 2.61. The summed E-state index contributed by atoms with van der Waals surface area (Å²) in [6.07, 6.45) is 8.64. The second-order valence-electron chi connectivity index (χ2n) is 6.73. The van der Waals surface area contributed by atoms with E-state index in [1.807, 2.05) is 50.2 Å². The van der Waals surface area contributed by atoms with Crippen molar-refractivity contribution in [1.82, 2.24) is 9.97 Å². The molecule has 1 heterocycles. The first-order valence-electron chi connectivity index (χ1n) is 9.87. The molecular weight excluding hydrogens is 338 g/mol. The van der Waals surface area contributed by atoms with Crippen LogP contribution in [-0.2, 0) is 4.79 Å². The molecule has 0 bridgehead atoms. The number of nitrogens with one attached hydrogen (secondary N) is 1. The smallest absolute Gasteiger partial charge is 0.303 e. The Hall–Kier alpha value is -2.43. The molecule has 5 heteroatoms. The molecule has 0 fully saturated rings. The molecule has 1 aromatic heterocycles. The van der Waals surface area contributed by atoms with Crippen molar-refractivity contribution in [3.05, 3.63) is 47.8 Å². The molecule has 2 N–H and O–H groups in total. The number of aryl methyl sites for hydroxylation is 2. The monoisotopic (exact) mass is 371 g/mol. The maximum Gasteiger partial charge on any atom is 0.303 e. The number of carboxylic acids is 1. The van der Waals surface area contributed by atoms with E-state index in [9.17, 15) is 4.79 Å². The highest BCUT2D eigenvalue weighted by Gasteiger charge is 1.99. The van der Waals surface area contributed by atoms with Crippen molar-refractivity contribution in [2.45, 2.75) is 72.1 Å². The molecule has 27 heavy (non-hydrogen) atoms. The van der Waals surface area contributed by atoms with Crippen LogP contribution in [0.5, 0.6) is 0 Å². The van der Waals surface area contributed by atoms with Gasteiger partial charge in [0, 0.05) is 23.5 Å². The van der Waals surface area contributed by atoms with E-state index in [-0.39, 0.29) is 0 Å². The fourth-order valence-electron chi connectivity index (χ4n) is 2.67. The standard InChI is InChI=1S/C12H13N3.C10H20O2/c1-9-8-10(2)14-12(13-9)15-11-6-4-3-5-7-11;1-2-3-4-5-6-7-8-9-10(11)12/h3-8H,1-2H3,(H,13,14,15);2-9H2,1H3,(H,11,12). The summed E-state index contributed by atoms with van der Waals surface area (Å²) in [5, 5.41) is 11.5. The minimum Gasteiger partial charge on any atom is -0.481 e. The maximum absolute atomic E-state index is 10.1. The highest BCUT2D eigenvalue weighted by atomic mass is 16.4. The summed E-state index contributed by atoms with van der Waals surface area (Å²) in [7, 11) is 0. The summed E-state index contributed by atoms with van der Waals surface area (Å²) in [4.78, 5) is 18.7. The van der Waals surface area contributed by atoms with E-state index >= 15 is 0 Å². The summed E-state index contributed by atoms with van der Waals surface area (Å²) in [6, 6.07) is 11.9. The third-order valence-electron chi connectivity index (χ3n) is 4.01. The first-order chi connectivity index (χ1) is 13.0. The number of para-hydroxylation sites is 1. The molecule has 0 radical (unpaired) electrons. The van der Waals surface area contributed by atoms with Crippen LogP contribution in [-0.4, -0.2) is 21.0 Å². The van der Waals surface area contributed by atoms with Gasteiger partial charge in [-0.05, 0) is 38.5 Å². The Morgan fingerprint density at radius 1 is 0.926 bits per heavy atom. The number of carbonyl (C=O) groups is 1. The number of hydrogen-bond donors (Lipinski definition) is 2. The van der Waals surface area contributed by atoms with Gasteiger partial charge >= 0.3 is 5.97 Å². The van der Waals surface area contributed by atoms with Crippen LogP contribution in [0, 0.1) is 13.8 Å². The number of unbranched alkanes of at least 4 members (excludes halogenated alkanes) is 6. The molecule has 0 amide bonds. The van der Waals surface area contributed by atoms with E-state index in [0.29, 0.717) is 12.4 Å². The largest absolute Gasteiger partial charge is 0.481 e. The van der Waals surface area contributed by atoms with Gasteiger partial charge in [0.15, 0.2) is 0 Å². The number of aliphatic carboxylic acids is 1. The molecule has 148 valence electrons. The minimum absolute atomic E-state index is 0.341. The molecule has 0 aliphatic heterocycles. The average molecular weight is 372 g/mol. The van der Waals surface area contributed by atoms with Gasteiger partial charge < -0.3 is 10.4 Å². The Morgan fingerprint density at radius 3 is 2.04 bits per heavy atom. The van der Waals surface area contributed by atoms with Gasteiger partial charge in [-0.2, -0.15) is 0 Å². The van der Waals surface area contributed by atoms with Gasteiger partial charge in [0.05, 0.1) is 0 Å². The quantitative estimate of drug-likeness (QED) is 0.497. The zero-order valence-electron chi connectivity index (χ0n) is 16.9. The van der Waals surface area contributed by atoms with Gasteiger partial charge in [-0.3, -0.25) is 4.79 Å². The van der Waals surface area contributed by atoms with E-state index in [1.54, 1.807) is 0 Å². The lowest BCUT2D eigenvalue weighted by Gasteiger charge is -2.05. The fraction of sp³-hybridized carbons (Fsp3) is 0.500. The Labute approximate surface area is 163 Å². The lowest BCUT2D eigenvalue weighted by molar-refractivity contribution is -0.137. The normalized spacial score (nSPS) is 10.0. The lowest BCUT2D eigenvalue weighted by Crippen LogP contribution is -1.99. The number of nitrogens with zero attached hydrogens (tertiary/aromatic N) is 2. The van der Waals surface area contributed by atoms with Crippen LogP contribution in [0.2, 0.25) is 0 Å². The predicted octanol–water partition coefficient (Wildman–Crippen LogP) is 6.05. The second kappa shape index (κ2) is 13.7. The van der Waals surface area contributed by atoms with Gasteiger partial charge in [-0.1, -0.05) is 63.6 Å². The molecule has 1 aromatic carbocycles. The van der Waals surface area contributed by atoms with Gasteiger partial charge in [-0.15, -0.1) is 0 Å². The molecule has 0 atom stereocenters. The van der Waals surface area contributed by atoms with Crippen LogP contribution in [0.3, 0.4) is 0 Å². The van der Waals surface area contributed by atoms with Crippen LogP contribution >= 0.6 is 0 Å². The SMILES string of the molecule is CCCCCCCCCC(=O)O.Cc1cc(C)nc(Nc2ccccc2)n1. The molecule has 2 aromatic rings. The predicted molar refractivity (Wildman–Crippen MR) is 111 cm³/mol. The topological polar surface area (TPSA) is 75.1 Å². The Kier molecular flexibility index (Phi) is 11.5. The van der Waals surface area contributed by atoms with Gasteiger partial charge in [0.1, 0.15) is 0 Å². The highest BCUT2D eigenvalue weighted by molar-refractivity contribution is 5.66. The molecular formula is C22H33N3O2. The number of hydrogen-bond acceptors (Lipinski definition) is 4. The van der Waals surface area contributed by atoms with Crippen molar-refractivity contribution in [2.75, 3.05) is 5.32 Å². The third-order valence-corrected chi connectivity index (χ3v) is 4.01. The van der Waals surface area contributed by atoms with E-state index in [0.717, 1.165) is 29.9 Å². The van der Waals surface area contributed by atoms with Crippen LogP contribution in [0.15, 0.2) is 36.4 Å². The van der Waals surface area contributed by atoms with Gasteiger partial charge in [-0.25, -0.2) is 9.97 Å². The van der Waals surface area contributed by atoms with Crippen LogP contribution in [0.1, 0.15) is 69.7 Å². The Bertz CT molecular complexity index is 640. The molecule has 0 aliphatic carbocycles. The molecule has 5 nitrogen and oxygen atoms in total. The zero-order valence-corrected chi connectivity index (χ0v) is 16.9. The molecule has 0 aliphatic rings. The van der Waals surface area contributed by atoms with Crippen LogP contribution in [0.4, 0.5) is 11.6 Å². The minimum atomic E-state index is -0.663. The Morgan fingerprint density at radius 2 is 1.48 bits per heavy atom. The van der Waals surface area contributed by atoms with Crippen molar-refractivity contribution < 1.29 is 9.90 Å². The van der Waals surface area contributed by atoms with Crippen LogP contribution < -0.4 is 5.32 Å². The third kappa shape index (κ3) is 11.7. The molecule has 0 spiro atoms. The van der Waals surface area contributed by atoms with E-state index in [1.165, 1.54) is 32.1 Å². The Balaban J connectivity index is 0.000000279. The van der Waals surface area contributed by atoms with Crippen molar-refractivity contribution in [3.8, 4) is 0 Å². The summed E-state index contributed by atoms with van der Waals surface area (Å²) >= 11 is 0. The van der Waals surface area contributed by atoms with Crippen molar-refractivity contribution in [1.29, 1.82) is 0 Å². The maximum atomic E-state index is 10.1. The lowest BCUT2D eigenvalue weighted by atomic mass is 10.1. The summed E-state index contributed by atoms with van der Waals surface area (Å²) < 4.78 is 0. The van der Waals surface area contributed by atoms with Gasteiger partial charge in [0.2, 0.25) is 5.95 Å². The van der Waals surface area contributed by atoms with Gasteiger partial charge in [0.25, 0.3) is 0 Å². The number of benzene rings is 1.